The van der Waals surface area contributed by atoms with Gasteiger partial charge in [0.25, 0.3) is 0 Å². The summed E-state index contributed by atoms with van der Waals surface area (Å²) < 4.78 is 26.6. The standard InChI is InChI=1S/C14H21N3O3S.ClH/c15-10-14(18)16-11-12-5-4-6-13(9-12)21(19,20)17-7-2-1-3-8-17;/h4-6,9H,1-3,7-8,10-11,15H2,(H,16,18);1H. The Hall–Kier alpha value is -1.15. The second kappa shape index (κ2) is 8.47. The highest BCUT2D eigenvalue weighted by atomic mass is 35.5. The Balaban J connectivity index is 0.00000242. The van der Waals surface area contributed by atoms with E-state index in [-0.39, 0.29) is 36.3 Å². The summed E-state index contributed by atoms with van der Waals surface area (Å²) in [7, 11) is -3.43. The van der Waals surface area contributed by atoms with E-state index in [2.05, 4.69) is 5.32 Å². The smallest absolute Gasteiger partial charge is 0.243 e. The zero-order chi connectivity index (χ0) is 15.3. The average molecular weight is 348 g/mol. The molecule has 0 saturated carbocycles. The summed E-state index contributed by atoms with van der Waals surface area (Å²) in [6.07, 6.45) is 2.90. The fourth-order valence-corrected chi connectivity index (χ4v) is 3.93. The van der Waals surface area contributed by atoms with Gasteiger partial charge < -0.3 is 11.1 Å². The Morgan fingerprint density at radius 3 is 2.55 bits per heavy atom. The molecule has 1 aliphatic heterocycles. The molecule has 0 spiro atoms. The summed E-state index contributed by atoms with van der Waals surface area (Å²) >= 11 is 0. The molecule has 6 nitrogen and oxygen atoms in total. The van der Waals surface area contributed by atoms with Crippen LogP contribution in [0.2, 0.25) is 0 Å². The van der Waals surface area contributed by atoms with Crippen molar-refractivity contribution in [1.82, 2.24) is 9.62 Å². The minimum absolute atomic E-state index is 0. The van der Waals surface area contributed by atoms with Crippen molar-refractivity contribution in [2.75, 3.05) is 19.6 Å². The number of halogens is 1. The van der Waals surface area contributed by atoms with Crippen LogP contribution in [-0.2, 0) is 21.4 Å². The van der Waals surface area contributed by atoms with Gasteiger partial charge in [-0.1, -0.05) is 18.6 Å². The second-order valence-electron chi connectivity index (χ2n) is 5.09. The SMILES string of the molecule is Cl.NCC(=O)NCc1cccc(S(=O)(=O)N2CCCCC2)c1. The molecule has 1 heterocycles. The van der Waals surface area contributed by atoms with Crippen LogP contribution in [0.1, 0.15) is 24.8 Å². The van der Waals surface area contributed by atoms with E-state index in [1.165, 1.54) is 4.31 Å². The van der Waals surface area contributed by atoms with Crippen molar-refractivity contribution < 1.29 is 13.2 Å². The highest BCUT2D eigenvalue weighted by Crippen LogP contribution is 2.21. The summed E-state index contributed by atoms with van der Waals surface area (Å²) in [6, 6.07) is 6.69. The van der Waals surface area contributed by atoms with Crippen LogP contribution >= 0.6 is 12.4 Å². The Morgan fingerprint density at radius 2 is 1.91 bits per heavy atom. The average Bonchev–Trinajstić information content (AvgIpc) is 2.53. The number of nitrogens with two attached hydrogens (primary N) is 1. The van der Waals surface area contributed by atoms with E-state index >= 15 is 0 Å². The number of benzene rings is 1. The van der Waals surface area contributed by atoms with E-state index in [1.807, 2.05) is 0 Å². The molecule has 1 fully saturated rings. The van der Waals surface area contributed by atoms with Crippen LogP contribution in [0.25, 0.3) is 0 Å². The number of carbonyl (C=O) groups is 1. The van der Waals surface area contributed by atoms with Crippen molar-refractivity contribution in [1.29, 1.82) is 0 Å². The zero-order valence-electron chi connectivity index (χ0n) is 12.3. The van der Waals surface area contributed by atoms with Gasteiger partial charge in [-0.15, -0.1) is 12.4 Å². The van der Waals surface area contributed by atoms with E-state index in [1.54, 1.807) is 24.3 Å². The third-order valence-electron chi connectivity index (χ3n) is 3.53. The minimum Gasteiger partial charge on any atom is -0.351 e. The quantitative estimate of drug-likeness (QED) is 0.826. The molecule has 1 aromatic rings. The number of carbonyl (C=O) groups excluding carboxylic acids is 1. The lowest BCUT2D eigenvalue weighted by Crippen LogP contribution is -2.35. The monoisotopic (exact) mass is 347 g/mol. The van der Waals surface area contributed by atoms with Crippen LogP contribution in [0, 0.1) is 0 Å². The van der Waals surface area contributed by atoms with Crippen LogP contribution in [0.5, 0.6) is 0 Å². The van der Waals surface area contributed by atoms with Crippen molar-refractivity contribution in [3.05, 3.63) is 29.8 Å². The molecule has 0 aromatic heterocycles. The molecule has 124 valence electrons. The van der Waals surface area contributed by atoms with Crippen LogP contribution < -0.4 is 11.1 Å². The number of nitrogens with zero attached hydrogens (tertiary/aromatic N) is 1. The topological polar surface area (TPSA) is 92.5 Å². The zero-order valence-corrected chi connectivity index (χ0v) is 14.0. The molecule has 1 amide bonds. The molecule has 22 heavy (non-hydrogen) atoms. The number of rotatable bonds is 5. The first-order chi connectivity index (χ1) is 10.0. The maximum Gasteiger partial charge on any atom is 0.243 e. The molecule has 1 aromatic carbocycles. The molecular weight excluding hydrogens is 326 g/mol. The molecule has 1 aliphatic rings. The molecule has 1 saturated heterocycles. The number of sulfonamides is 1. The minimum atomic E-state index is -3.43. The Labute approximate surface area is 137 Å². The van der Waals surface area contributed by atoms with Gasteiger partial charge in [-0.25, -0.2) is 8.42 Å². The molecular formula is C14H22ClN3O3S. The predicted octanol–water partition coefficient (Wildman–Crippen LogP) is 0.858. The first-order valence-corrected chi connectivity index (χ1v) is 8.54. The van der Waals surface area contributed by atoms with Crippen LogP contribution in [-0.4, -0.2) is 38.3 Å². The van der Waals surface area contributed by atoms with E-state index in [0.717, 1.165) is 24.8 Å². The highest BCUT2D eigenvalue weighted by Gasteiger charge is 2.25. The van der Waals surface area contributed by atoms with Crippen LogP contribution in [0.3, 0.4) is 0 Å². The summed E-state index contributed by atoms with van der Waals surface area (Å²) in [6.45, 7) is 1.36. The van der Waals surface area contributed by atoms with E-state index in [9.17, 15) is 13.2 Å². The maximum atomic E-state index is 12.6. The molecule has 2 rings (SSSR count). The van der Waals surface area contributed by atoms with Crippen molar-refractivity contribution in [2.24, 2.45) is 5.73 Å². The molecule has 8 heteroatoms. The van der Waals surface area contributed by atoms with Gasteiger partial charge in [-0.3, -0.25) is 4.79 Å². The fourth-order valence-electron chi connectivity index (χ4n) is 2.34. The molecule has 0 atom stereocenters. The van der Waals surface area contributed by atoms with Gasteiger partial charge in [0.05, 0.1) is 11.4 Å². The van der Waals surface area contributed by atoms with Gasteiger partial charge in [0.1, 0.15) is 0 Å². The molecule has 0 unspecified atom stereocenters. The molecule has 0 aliphatic carbocycles. The first kappa shape index (κ1) is 18.9. The third kappa shape index (κ3) is 4.67. The lowest BCUT2D eigenvalue weighted by atomic mass is 10.2. The Bertz CT molecular complexity index is 601. The molecule has 0 bridgehead atoms. The Kier molecular flexibility index (Phi) is 7.28. The fraction of sp³-hybridized carbons (Fsp3) is 0.500. The molecule has 0 radical (unpaired) electrons. The van der Waals surface area contributed by atoms with Crippen molar-refractivity contribution in [3.63, 3.8) is 0 Å². The van der Waals surface area contributed by atoms with Crippen LogP contribution in [0.15, 0.2) is 29.2 Å². The lowest BCUT2D eigenvalue weighted by molar-refractivity contribution is -0.119. The van der Waals surface area contributed by atoms with Crippen molar-refractivity contribution >= 4 is 28.3 Å². The largest absolute Gasteiger partial charge is 0.351 e. The van der Waals surface area contributed by atoms with Gasteiger partial charge in [0, 0.05) is 19.6 Å². The van der Waals surface area contributed by atoms with E-state index < -0.39 is 10.0 Å². The summed E-state index contributed by atoms with van der Waals surface area (Å²) in [4.78, 5) is 11.4. The van der Waals surface area contributed by atoms with Gasteiger partial charge >= 0.3 is 0 Å². The number of hydrogen-bond acceptors (Lipinski definition) is 4. The van der Waals surface area contributed by atoms with E-state index in [4.69, 9.17) is 5.73 Å². The first-order valence-electron chi connectivity index (χ1n) is 7.10. The highest BCUT2D eigenvalue weighted by molar-refractivity contribution is 7.89. The van der Waals surface area contributed by atoms with Crippen molar-refractivity contribution in [2.45, 2.75) is 30.7 Å². The second-order valence-corrected chi connectivity index (χ2v) is 7.03. The van der Waals surface area contributed by atoms with Gasteiger partial charge in [0.2, 0.25) is 15.9 Å². The third-order valence-corrected chi connectivity index (χ3v) is 5.42. The lowest BCUT2D eigenvalue weighted by Gasteiger charge is -2.26. The van der Waals surface area contributed by atoms with Crippen LogP contribution in [0.4, 0.5) is 0 Å². The van der Waals surface area contributed by atoms with Gasteiger partial charge in [-0.2, -0.15) is 4.31 Å². The Morgan fingerprint density at radius 1 is 1.23 bits per heavy atom. The van der Waals surface area contributed by atoms with E-state index in [0.29, 0.717) is 13.1 Å². The number of hydrogen-bond donors (Lipinski definition) is 2. The maximum absolute atomic E-state index is 12.6. The summed E-state index contributed by atoms with van der Waals surface area (Å²) in [5.41, 5.74) is 5.96. The molecule has 3 N–H and O–H groups in total. The summed E-state index contributed by atoms with van der Waals surface area (Å²) in [5, 5.41) is 2.63. The predicted molar refractivity (Wildman–Crippen MR) is 87.2 cm³/mol. The van der Waals surface area contributed by atoms with Gasteiger partial charge in [-0.05, 0) is 30.5 Å². The summed E-state index contributed by atoms with van der Waals surface area (Å²) in [5.74, 6) is -0.265. The van der Waals surface area contributed by atoms with Crippen molar-refractivity contribution in [3.8, 4) is 0 Å². The van der Waals surface area contributed by atoms with Gasteiger partial charge in [0.15, 0.2) is 0 Å². The normalized spacial score (nSPS) is 15.9. The number of piperidine rings is 1. The number of amides is 1. The number of nitrogens with one attached hydrogen (secondary N) is 1.